The molecule has 0 atom stereocenters. The van der Waals surface area contributed by atoms with Crippen LogP contribution in [0, 0.1) is 5.82 Å². The molecule has 0 bridgehead atoms. The second-order valence-electron chi connectivity index (χ2n) is 7.31. The van der Waals surface area contributed by atoms with Crippen molar-refractivity contribution in [2.45, 2.75) is 19.8 Å². The highest BCUT2D eigenvalue weighted by Gasteiger charge is 2.21. The van der Waals surface area contributed by atoms with Gasteiger partial charge in [0.1, 0.15) is 11.6 Å². The molecule has 0 spiro atoms. The van der Waals surface area contributed by atoms with E-state index in [0.717, 1.165) is 69.5 Å². The molecular weight excluding hydrogens is 381 g/mol. The van der Waals surface area contributed by atoms with Gasteiger partial charge < -0.3 is 15.1 Å². The lowest BCUT2D eigenvalue weighted by atomic mass is 10.2. The zero-order chi connectivity index (χ0) is 20.8. The Balaban J connectivity index is 1.32. The van der Waals surface area contributed by atoms with Gasteiger partial charge in [0.2, 0.25) is 0 Å². The van der Waals surface area contributed by atoms with E-state index in [0.29, 0.717) is 5.69 Å². The summed E-state index contributed by atoms with van der Waals surface area (Å²) in [6, 6.07) is 12.9. The van der Waals surface area contributed by atoms with Gasteiger partial charge >= 0.3 is 0 Å². The fourth-order valence-corrected chi connectivity index (χ4v) is 3.78. The zero-order valence-electron chi connectivity index (χ0n) is 17.3. The summed E-state index contributed by atoms with van der Waals surface area (Å²) in [4.78, 5) is 9.17. The molecule has 1 aliphatic rings. The Morgan fingerprint density at radius 2 is 1.87 bits per heavy atom. The minimum atomic E-state index is -0.160. The number of para-hydroxylation sites is 1. The largest absolute Gasteiger partial charge is 0.366 e. The standard InChI is InChI=1S/C22H28FN7/c1-2-24-22(25-12-7-11-21-27-26-20-10-5-6-13-30(20)21)29-16-14-28(15-17-29)19-9-4-3-8-18(19)23/h3-6,8-10,13H,2,7,11-12,14-17H2,1H3,(H,24,25). The minimum absolute atomic E-state index is 0.160. The van der Waals surface area contributed by atoms with Crippen LogP contribution < -0.4 is 10.2 Å². The Morgan fingerprint density at radius 1 is 1.07 bits per heavy atom. The molecule has 2 aromatic heterocycles. The fraction of sp³-hybridized carbons (Fsp3) is 0.409. The highest BCUT2D eigenvalue weighted by Crippen LogP contribution is 2.20. The maximum atomic E-state index is 14.1. The molecule has 3 aromatic rings. The van der Waals surface area contributed by atoms with Crippen LogP contribution in [0.2, 0.25) is 0 Å². The van der Waals surface area contributed by atoms with Gasteiger partial charge in [0, 0.05) is 51.9 Å². The Morgan fingerprint density at radius 3 is 2.67 bits per heavy atom. The van der Waals surface area contributed by atoms with E-state index in [1.807, 2.05) is 40.9 Å². The second-order valence-corrected chi connectivity index (χ2v) is 7.31. The normalized spacial score (nSPS) is 15.1. The van der Waals surface area contributed by atoms with Crippen molar-refractivity contribution in [3.8, 4) is 0 Å². The van der Waals surface area contributed by atoms with Crippen LogP contribution in [-0.4, -0.2) is 64.7 Å². The third-order valence-corrected chi connectivity index (χ3v) is 5.31. The number of halogens is 1. The quantitative estimate of drug-likeness (QED) is 0.385. The van der Waals surface area contributed by atoms with Crippen molar-refractivity contribution < 1.29 is 4.39 Å². The number of pyridine rings is 1. The van der Waals surface area contributed by atoms with Crippen molar-refractivity contribution in [3.05, 3.63) is 60.3 Å². The lowest BCUT2D eigenvalue weighted by molar-refractivity contribution is 0.370. The molecule has 7 nitrogen and oxygen atoms in total. The third kappa shape index (κ3) is 4.53. The van der Waals surface area contributed by atoms with Crippen LogP contribution in [0.4, 0.5) is 10.1 Å². The van der Waals surface area contributed by atoms with E-state index in [4.69, 9.17) is 4.99 Å². The first-order valence-electron chi connectivity index (χ1n) is 10.6. The molecule has 1 aromatic carbocycles. The number of aryl methyl sites for hydroxylation is 1. The first-order valence-corrected chi connectivity index (χ1v) is 10.6. The average molecular weight is 410 g/mol. The van der Waals surface area contributed by atoms with Gasteiger partial charge in [-0.25, -0.2) is 4.39 Å². The molecule has 3 heterocycles. The zero-order valence-corrected chi connectivity index (χ0v) is 17.3. The summed E-state index contributed by atoms with van der Waals surface area (Å²) in [5.74, 6) is 1.73. The van der Waals surface area contributed by atoms with E-state index in [1.54, 1.807) is 6.07 Å². The van der Waals surface area contributed by atoms with E-state index in [1.165, 1.54) is 6.07 Å². The fourth-order valence-electron chi connectivity index (χ4n) is 3.78. The number of rotatable bonds is 6. The van der Waals surface area contributed by atoms with Gasteiger partial charge in [-0.15, -0.1) is 10.2 Å². The summed E-state index contributed by atoms with van der Waals surface area (Å²) in [5.41, 5.74) is 1.55. The first-order chi connectivity index (χ1) is 14.8. The van der Waals surface area contributed by atoms with Crippen LogP contribution >= 0.6 is 0 Å². The summed E-state index contributed by atoms with van der Waals surface area (Å²) >= 11 is 0. The van der Waals surface area contributed by atoms with Gasteiger partial charge in [0.25, 0.3) is 0 Å². The molecule has 1 N–H and O–H groups in total. The van der Waals surface area contributed by atoms with Crippen LogP contribution in [0.5, 0.6) is 0 Å². The summed E-state index contributed by atoms with van der Waals surface area (Å²) in [6.07, 6.45) is 3.72. The molecule has 0 amide bonds. The maximum Gasteiger partial charge on any atom is 0.194 e. The molecular formula is C22H28FN7. The van der Waals surface area contributed by atoms with Crippen LogP contribution in [0.25, 0.3) is 5.65 Å². The first kappa shape index (κ1) is 20.1. The number of hydrogen-bond donors (Lipinski definition) is 1. The molecule has 4 rings (SSSR count). The number of aromatic nitrogens is 3. The number of aliphatic imine (C=N–C) groups is 1. The van der Waals surface area contributed by atoms with E-state index >= 15 is 0 Å². The van der Waals surface area contributed by atoms with Crippen LogP contribution in [0.1, 0.15) is 19.2 Å². The van der Waals surface area contributed by atoms with E-state index in [2.05, 4.69) is 32.2 Å². The van der Waals surface area contributed by atoms with Crippen LogP contribution in [0.3, 0.4) is 0 Å². The van der Waals surface area contributed by atoms with Crippen molar-refractivity contribution in [1.82, 2.24) is 24.8 Å². The van der Waals surface area contributed by atoms with E-state index < -0.39 is 0 Å². The third-order valence-electron chi connectivity index (χ3n) is 5.31. The molecule has 0 radical (unpaired) electrons. The Labute approximate surface area is 176 Å². The monoisotopic (exact) mass is 409 g/mol. The van der Waals surface area contributed by atoms with E-state index in [-0.39, 0.29) is 5.82 Å². The number of anilines is 1. The smallest absolute Gasteiger partial charge is 0.194 e. The van der Waals surface area contributed by atoms with Gasteiger partial charge in [-0.1, -0.05) is 18.2 Å². The number of piperazine rings is 1. The number of guanidine groups is 1. The summed E-state index contributed by atoms with van der Waals surface area (Å²) in [5, 5.41) is 11.9. The molecule has 1 saturated heterocycles. The molecule has 0 saturated carbocycles. The topological polar surface area (TPSA) is 61.1 Å². The summed E-state index contributed by atoms with van der Waals surface area (Å²) in [7, 11) is 0. The van der Waals surface area contributed by atoms with Crippen molar-refractivity contribution >= 4 is 17.3 Å². The molecule has 1 fully saturated rings. The second kappa shape index (κ2) is 9.56. The molecule has 158 valence electrons. The van der Waals surface area contributed by atoms with Gasteiger partial charge in [0.05, 0.1) is 5.69 Å². The minimum Gasteiger partial charge on any atom is -0.366 e. The van der Waals surface area contributed by atoms with Gasteiger partial charge in [-0.2, -0.15) is 0 Å². The highest BCUT2D eigenvalue weighted by molar-refractivity contribution is 5.80. The van der Waals surface area contributed by atoms with Gasteiger partial charge in [-0.3, -0.25) is 9.39 Å². The SMILES string of the molecule is CCNC(=NCCCc1nnc2ccccn12)N1CCN(c2ccccc2F)CC1. The summed E-state index contributed by atoms with van der Waals surface area (Å²) < 4.78 is 16.1. The lowest BCUT2D eigenvalue weighted by Crippen LogP contribution is -2.52. The predicted molar refractivity (Wildman–Crippen MR) is 117 cm³/mol. The molecule has 0 unspecified atom stereocenters. The van der Waals surface area contributed by atoms with Gasteiger partial charge in [0.15, 0.2) is 11.6 Å². The average Bonchev–Trinajstić information content (AvgIpc) is 3.20. The predicted octanol–water partition coefficient (Wildman–Crippen LogP) is 2.59. The van der Waals surface area contributed by atoms with Crippen molar-refractivity contribution in [1.29, 1.82) is 0 Å². The van der Waals surface area contributed by atoms with Crippen molar-refractivity contribution in [2.75, 3.05) is 44.2 Å². The van der Waals surface area contributed by atoms with Crippen LogP contribution in [-0.2, 0) is 6.42 Å². The number of fused-ring (bicyclic) bond motifs is 1. The number of nitrogens with zero attached hydrogens (tertiary/aromatic N) is 6. The number of nitrogens with one attached hydrogen (secondary N) is 1. The molecule has 8 heteroatoms. The molecule has 0 aliphatic carbocycles. The molecule has 1 aliphatic heterocycles. The Kier molecular flexibility index (Phi) is 6.41. The van der Waals surface area contributed by atoms with E-state index in [9.17, 15) is 4.39 Å². The Hall–Kier alpha value is -3.16. The maximum absolute atomic E-state index is 14.1. The number of hydrogen-bond acceptors (Lipinski definition) is 4. The summed E-state index contributed by atoms with van der Waals surface area (Å²) in [6.45, 7) is 6.80. The number of benzene rings is 1. The van der Waals surface area contributed by atoms with Crippen molar-refractivity contribution in [2.24, 2.45) is 4.99 Å². The van der Waals surface area contributed by atoms with Crippen LogP contribution in [0.15, 0.2) is 53.7 Å². The highest BCUT2D eigenvalue weighted by atomic mass is 19.1. The van der Waals surface area contributed by atoms with Crippen molar-refractivity contribution in [3.63, 3.8) is 0 Å². The Bertz CT molecular complexity index is 992. The lowest BCUT2D eigenvalue weighted by Gasteiger charge is -2.37. The van der Waals surface area contributed by atoms with Gasteiger partial charge in [-0.05, 0) is 37.6 Å². The molecule has 30 heavy (non-hydrogen) atoms.